The second kappa shape index (κ2) is 8.83. The van der Waals surface area contributed by atoms with E-state index in [9.17, 15) is 22.0 Å². The number of halogens is 2. The Morgan fingerprint density at radius 3 is 2.44 bits per heavy atom. The van der Waals surface area contributed by atoms with Gasteiger partial charge in [0.05, 0.1) is 27.7 Å². The normalized spacial score (nSPS) is 12.8. The minimum atomic E-state index is -4.17. The number of benzene rings is 3. The predicted molar refractivity (Wildman–Crippen MR) is 113 cm³/mol. The zero-order valence-electron chi connectivity index (χ0n) is 16.6. The van der Waals surface area contributed by atoms with Gasteiger partial charge in [-0.25, -0.2) is 17.2 Å². The molecule has 3 aromatic rings. The number of anilines is 2. The fourth-order valence-corrected chi connectivity index (χ4v) is 4.58. The first-order valence-corrected chi connectivity index (χ1v) is 11.1. The molecule has 0 aromatic heterocycles. The summed E-state index contributed by atoms with van der Waals surface area (Å²) in [6.07, 6.45) is 0. The standard InChI is InChI=1S/C22H18F2N2O5S/c23-14-5-7-18(25-13-22(27)26-17-4-2-1-3-16(17)24)21(11-14)32(28,29)15-6-8-19-20(12-15)31-10-9-30-19/h1-8,11-12,25H,9-10,13H2,(H,26,27). The third-order valence-electron chi connectivity index (χ3n) is 4.64. The Bertz CT molecular complexity index is 1280. The topological polar surface area (TPSA) is 93.7 Å². The minimum Gasteiger partial charge on any atom is -0.486 e. The van der Waals surface area contributed by atoms with Crippen LogP contribution in [0.25, 0.3) is 0 Å². The van der Waals surface area contributed by atoms with E-state index in [1.54, 1.807) is 6.07 Å². The molecule has 10 heteroatoms. The predicted octanol–water partition coefficient (Wildman–Crippen LogP) is 3.62. The van der Waals surface area contributed by atoms with Gasteiger partial charge in [0.2, 0.25) is 15.7 Å². The molecular weight excluding hydrogens is 442 g/mol. The van der Waals surface area contributed by atoms with E-state index in [4.69, 9.17) is 9.47 Å². The maximum absolute atomic E-state index is 13.9. The number of ether oxygens (including phenoxy) is 2. The molecule has 0 unspecified atom stereocenters. The SMILES string of the molecule is O=C(CNc1ccc(F)cc1S(=O)(=O)c1ccc2c(c1)OCCO2)Nc1ccccc1F. The van der Waals surface area contributed by atoms with Crippen LogP contribution in [0.15, 0.2) is 70.5 Å². The van der Waals surface area contributed by atoms with Gasteiger partial charge in [-0.1, -0.05) is 12.1 Å². The van der Waals surface area contributed by atoms with E-state index < -0.39 is 27.4 Å². The lowest BCUT2D eigenvalue weighted by Crippen LogP contribution is -2.23. The van der Waals surface area contributed by atoms with E-state index in [0.29, 0.717) is 12.4 Å². The number of amides is 1. The van der Waals surface area contributed by atoms with Crippen molar-refractivity contribution in [3.8, 4) is 11.5 Å². The highest BCUT2D eigenvalue weighted by Crippen LogP contribution is 2.36. The summed E-state index contributed by atoms with van der Waals surface area (Å²) < 4.78 is 64.9. The molecule has 0 spiro atoms. The van der Waals surface area contributed by atoms with Gasteiger partial charge < -0.3 is 20.1 Å². The molecule has 3 aromatic carbocycles. The molecule has 0 atom stereocenters. The van der Waals surface area contributed by atoms with Crippen molar-refractivity contribution in [2.24, 2.45) is 0 Å². The molecule has 1 aliphatic heterocycles. The zero-order chi connectivity index (χ0) is 22.7. The van der Waals surface area contributed by atoms with Crippen molar-refractivity contribution in [1.82, 2.24) is 0 Å². The number of carbonyl (C=O) groups is 1. The van der Waals surface area contributed by atoms with Crippen LogP contribution in [-0.4, -0.2) is 34.1 Å². The van der Waals surface area contributed by atoms with Gasteiger partial charge in [0.1, 0.15) is 24.8 Å². The first-order chi connectivity index (χ1) is 15.3. The summed E-state index contributed by atoms with van der Waals surface area (Å²) in [6, 6.07) is 12.9. The average Bonchev–Trinajstić information content (AvgIpc) is 2.79. The van der Waals surface area contributed by atoms with Crippen molar-refractivity contribution >= 4 is 27.1 Å². The maximum atomic E-state index is 13.9. The van der Waals surface area contributed by atoms with Crippen molar-refractivity contribution in [2.75, 3.05) is 30.4 Å². The zero-order valence-corrected chi connectivity index (χ0v) is 17.4. The molecule has 0 radical (unpaired) electrons. The highest BCUT2D eigenvalue weighted by atomic mass is 32.2. The number of rotatable bonds is 6. The molecule has 0 aliphatic carbocycles. The number of hydrogen-bond donors (Lipinski definition) is 2. The highest BCUT2D eigenvalue weighted by Gasteiger charge is 2.25. The molecule has 7 nitrogen and oxygen atoms in total. The lowest BCUT2D eigenvalue weighted by Gasteiger charge is -2.19. The molecule has 0 saturated carbocycles. The third-order valence-corrected chi connectivity index (χ3v) is 6.44. The van der Waals surface area contributed by atoms with Crippen LogP contribution >= 0.6 is 0 Å². The van der Waals surface area contributed by atoms with E-state index in [2.05, 4.69) is 10.6 Å². The van der Waals surface area contributed by atoms with E-state index in [0.717, 1.165) is 12.1 Å². The average molecular weight is 460 g/mol. The van der Waals surface area contributed by atoms with Crippen molar-refractivity contribution in [1.29, 1.82) is 0 Å². The van der Waals surface area contributed by atoms with Gasteiger partial charge >= 0.3 is 0 Å². The van der Waals surface area contributed by atoms with E-state index >= 15 is 0 Å². The van der Waals surface area contributed by atoms with Crippen molar-refractivity contribution < 1.29 is 31.5 Å². The van der Waals surface area contributed by atoms with Crippen LogP contribution in [0, 0.1) is 11.6 Å². The molecule has 4 rings (SSSR count). The van der Waals surface area contributed by atoms with Crippen LogP contribution < -0.4 is 20.1 Å². The maximum Gasteiger partial charge on any atom is 0.243 e. The molecular formula is C22H18F2N2O5S. The summed E-state index contributed by atoms with van der Waals surface area (Å²) in [5.74, 6) is -1.29. The van der Waals surface area contributed by atoms with Crippen LogP contribution in [0.3, 0.4) is 0 Å². The molecule has 1 aliphatic rings. The molecule has 2 N–H and O–H groups in total. The van der Waals surface area contributed by atoms with Gasteiger partial charge in [-0.3, -0.25) is 4.79 Å². The molecule has 0 fully saturated rings. The molecule has 0 saturated heterocycles. The van der Waals surface area contributed by atoms with E-state index in [1.807, 2.05) is 0 Å². The molecule has 0 bridgehead atoms. The number of fused-ring (bicyclic) bond motifs is 1. The van der Waals surface area contributed by atoms with E-state index in [-0.39, 0.29) is 40.1 Å². The van der Waals surface area contributed by atoms with Crippen LogP contribution in [0.4, 0.5) is 20.2 Å². The monoisotopic (exact) mass is 460 g/mol. The van der Waals surface area contributed by atoms with E-state index in [1.165, 1.54) is 42.5 Å². The number of nitrogens with one attached hydrogen (secondary N) is 2. The summed E-state index contributed by atoms with van der Waals surface area (Å²) in [7, 11) is -4.17. The number of hydrogen-bond acceptors (Lipinski definition) is 6. The summed E-state index contributed by atoms with van der Waals surface area (Å²) in [5, 5.41) is 5.07. The first-order valence-electron chi connectivity index (χ1n) is 9.57. The lowest BCUT2D eigenvalue weighted by molar-refractivity contribution is -0.114. The second-order valence-electron chi connectivity index (χ2n) is 6.83. The molecule has 32 heavy (non-hydrogen) atoms. The van der Waals surface area contributed by atoms with Crippen LogP contribution in [-0.2, 0) is 14.6 Å². The summed E-state index contributed by atoms with van der Waals surface area (Å²) >= 11 is 0. The lowest BCUT2D eigenvalue weighted by atomic mass is 10.3. The molecule has 1 amide bonds. The van der Waals surface area contributed by atoms with Gasteiger partial charge in [0, 0.05) is 6.07 Å². The quantitative estimate of drug-likeness (QED) is 0.584. The van der Waals surface area contributed by atoms with Crippen molar-refractivity contribution in [2.45, 2.75) is 9.79 Å². The van der Waals surface area contributed by atoms with Gasteiger partial charge in [0.25, 0.3) is 0 Å². The minimum absolute atomic E-state index is 0.0115. The fraction of sp³-hybridized carbons (Fsp3) is 0.136. The van der Waals surface area contributed by atoms with Crippen LogP contribution in [0.2, 0.25) is 0 Å². The van der Waals surface area contributed by atoms with Gasteiger partial charge in [-0.15, -0.1) is 0 Å². The third kappa shape index (κ3) is 4.50. The van der Waals surface area contributed by atoms with Gasteiger partial charge in [-0.05, 0) is 42.5 Å². The Balaban J connectivity index is 1.58. The van der Waals surface area contributed by atoms with Crippen LogP contribution in [0.5, 0.6) is 11.5 Å². The number of para-hydroxylation sites is 1. The molecule has 1 heterocycles. The fourth-order valence-electron chi connectivity index (χ4n) is 3.11. The van der Waals surface area contributed by atoms with Gasteiger partial charge in [-0.2, -0.15) is 0 Å². The Kier molecular flexibility index (Phi) is 5.95. The largest absolute Gasteiger partial charge is 0.486 e. The number of carbonyl (C=O) groups excluding carboxylic acids is 1. The number of sulfone groups is 1. The second-order valence-corrected chi connectivity index (χ2v) is 8.75. The summed E-state index contributed by atoms with van der Waals surface area (Å²) in [6.45, 7) is 0.260. The van der Waals surface area contributed by atoms with Crippen molar-refractivity contribution in [3.63, 3.8) is 0 Å². The van der Waals surface area contributed by atoms with Crippen LogP contribution in [0.1, 0.15) is 0 Å². The molecule has 166 valence electrons. The van der Waals surface area contributed by atoms with Gasteiger partial charge in [0.15, 0.2) is 11.5 Å². The Morgan fingerprint density at radius 2 is 1.66 bits per heavy atom. The summed E-state index contributed by atoms with van der Waals surface area (Å²) in [4.78, 5) is 11.7. The first kappa shape index (κ1) is 21.6. The van der Waals surface area contributed by atoms with Crippen molar-refractivity contribution in [3.05, 3.63) is 72.3 Å². The highest BCUT2D eigenvalue weighted by molar-refractivity contribution is 7.91. The summed E-state index contributed by atoms with van der Waals surface area (Å²) in [5.41, 5.74) is 0.00695. The Hall–Kier alpha value is -3.66. The smallest absolute Gasteiger partial charge is 0.243 e. The Labute approximate surface area is 182 Å². The Morgan fingerprint density at radius 1 is 0.906 bits per heavy atom.